The van der Waals surface area contributed by atoms with E-state index in [1.54, 1.807) is 6.20 Å². The molecule has 1 amide bonds. The molecule has 33 heavy (non-hydrogen) atoms. The Morgan fingerprint density at radius 2 is 1.45 bits per heavy atom. The lowest BCUT2D eigenvalue weighted by Crippen LogP contribution is -2.46. The summed E-state index contributed by atoms with van der Waals surface area (Å²) in [7, 11) is 0. The lowest BCUT2D eigenvalue weighted by molar-refractivity contribution is 0.102. The second kappa shape index (κ2) is 9.92. The molecule has 1 N–H and O–H groups in total. The number of para-hydroxylation sites is 1. The molecule has 5 rings (SSSR count). The van der Waals surface area contributed by atoms with Crippen molar-refractivity contribution in [1.82, 2.24) is 4.98 Å². The lowest BCUT2D eigenvalue weighted by atomic mass is 10.1. The summed E-state index contributed by atoms with van der Waals surface area (Å²) < 4.78 is 5.46. The fraction of sp³-hybridized carbons (Fsp3) is 0.308. The van der Waals surface area contributed by atoms with E-state index in [-0.39, 0.29) is 5.91 Å². The van der Waals surface area contributed by atoms with Gasteiger partial charge in [-0.25, -0.2) is 0 Å². The number of hydrogen-bond acceptors (Lipinski definition) is 6. The molecule has 170 valence electrons. The van der Waals surface area contributed by atoms with Crippen LogP contribution in [0.5, 0.6) is 0 Å². The van der Waals surface area contributed by atoms with Crippen molar-refractivity contribution in [2.24, 2.45) is 0 Å². The molecule has 7 heteroatoms. The van der Waals surface area contributed by atoms with Crippen LogP contribution in [-0.4, -0.2) is 63.4 Å². The standard InChI is InChI=1S/C26H29N5O2/c32-26(24-5-1-2-6-25(24)31-16-18-33-19-17-31)28-21-7-9-22(10-8-21)29-12-14-30(15-13-29)23-4-3-11-27-20-23/h1-11,20H,12-19H2,(H,28,32). The average molecular weight is 444 g/mol. The monoisotopic (exact) mass is 443 g/mol. The van der Waals surface area contributed by atoms with E-state index in [9.17, 15) is 4.79 Å². The van der Waals surface area contributed by atoms with Crippen molar-refractivity contribution < 1.29 is 9.53 Å². The number of anilines is 4. The third-order valence-electron chi connectivity index (χ3n) is 6.28. The van der Waals surface area contributed by atoms with Crippen LogP contribution in [0.2, 0.25) is 0 Å². The molecule has 1 aromatic heterocycles. The Bertz CT molecular complexity index is 1060. The number of morpholine rings is 1. The minimum Gasteiger partial charge on any atom is -0.378 e. The van der Waals surface area contributed by atoms with Gasteiger partial charge in [-0.2, -0.15) is 0 Å². The Morgan fingerprint density at radius 3 is 2.15 bits per heavy atom. The fourth-order valence-electron chi connectivity index (χ4n) is 4.46. The summed E-state index contributed by atoms with van der Waals surface area (Å²) in [6.07, 6.45) is 3.73. The van der Waals surface area contributed by atoms with Gasteiger partial charge in [-0.3, -0.25) is 9.78 Å². The average Bonchev–Trinajstić information content (AvgIpc) is 2.90. The Labute approximate surface area is 194 Å². The van der Waals surface area contributed by atoms with Gasteiger partial charge in [0.1, 0.15) is 0 Å². The molecule has 0 bridgehead atoms. The number of piperazine rings is 1. The first-order valence-electron chi connectivity index (χ1n) is 11.5. The first-order valence-corrected chi connectivity index (χ1v) is 11.5. The van der Waals surface area contributed by atoms with E-state index in [4.69, 9.17) is 4.74 Å². The van der Waals surface area contributed by atoms with Crippen LogP contribution in [0.1, 0.15) is 10.4 Å². The zero-order valence-electron chi connectivity index (χ0n) is 18.7. The highest BCUT2D eigenvalue weighted by atomic mass is 16.5. The zero-order chi connectivity index (χ0) is 22.5. The lowest BCUT2D eigenvalue weighted by Gasteiger charge is -2.37. The van der Waals surface area contributed by atoms with Crippen molar-refractivity contribution in [3.8, 4) is 0 Å². The van der Waals surface area contributed by atoms with Crippen LogP contribution in [-0.2, 0) is 4.74 Å². The minimum absolute atomic E-state index is 0.0880. The summed E-state index contributed by atoms with van der Waals surface area (Å²) in [6.45, 7) is 6.80. The van der Waals surface area contributed by atoms with Gasteiger partial charge in [-0.15, -0.1) is 0 Å². The van der Waals surface area contributed by atoms with E-state index < -0.39 is 0 Å². The Morgan fingerprint density at radius 1 is 0.758 bits per heavy atom. The van der Waals surface area contributed by atoms with Crippen LogP contribution in [0.3, 0.4) is 0 Å². The summed E-state index contributed by atoms with van der Waals surface area (Å²) in [5.41, 5.74) is 4.80. The van der Waals surface area contributed by atoms with E-state index in [1.807, 2.05) is 48.7 Å². The third-order valence-corrected chi connectivity index (χ3v) is 6.28. The van der Waals surface area contributed by atoms with Gasteiger partial charge >= 0.3 is 0 Å². The van der Waals surface area contributed by atoms with Crippen LogP contribution < -0.4 is 20.0 Å². The largest absolute Gasteiger partial charge is 0.378 e. The molecule has 0 aliphatic carbocycles. The van der Waals surface area contributed by atoms with Gasteiger partial charge < -0.3 is 24.8 Å². The summed E-state index contributed by atoms with van der Waals surface area (Å²) >= 11 is 0. The predicted molar refractivity (Wildman–Crippen MR) is 133 cm³/mol. The third kappa shape index (κ3) is 4.93. The molecule has 0 spiro atoms. The number of amides is 1. The highest BCUT2D eigenvalue weighted by Gasteiger charge is 2.20. The van der Waals surface area contributed by atoms with E-state index in [0.717, 1.165) is 50.6 Å². The number of nitrogens with one attached hydrogen (secondary N) is 1. The number of benzene rings is 2. The van der Waals surface area contributed by atoms with Gasteiger partial charge in [0.25, 0.3) is 5.91 Å². The highest BCUT2D eigenvalue weighted by Crippen LogP contribution is 2.25. The maximum absolute atomic E-state index is 13.0. The number of carbonyl (C=O) groups is 1. The number of carbonyl (C=O) groups excluding carboxylic acids is 1. The minimum atomic E-state index is -0.0880. The Hall–Kier alpha value is -3.58. The summed E-state index contributed by atoms with van der Waals surface area (Å²) in [5, 5.41) is 3.07. The second-order valence-corrected chi connectivity index (χ2v) is 8.30. The number of aromatic nitrogens is 1. The van der Waals surface area contributed by atoms with Crippen molar-refractivity contribution in [1.29, 1.82) is 0 Å². The van der Waals surface area contributed by atoms with Gasteiger partial charge in [0, 0.05) is 62.5 Å². The molecule has 2 fully saturated rings. The van der Waals surface area contributed by atoms with E-state index in [1.165, 1.54) is 11.4 Å². The quantitative estimate of drug-likeness (QED) is 0.651. The SMILES string of the molecule is O=C(Nc1ccc(N2CCN(c3cccnc3)CC2)cc1)c1ccccc1N1CCOCC1. The topological polar surface area (TPSA) is 60.9 Å². The number of nitrogens with zero attached hydrogens (tertiary/aromatic N) is 4. The maximum atomic E-state index is 13.0. The molecule has 0 saturated carbocycles. The normalized spacial score (nSPS) is 16.5. The van der Waals surface area contributed by atoms with Crippen LogP contribution in [0.25, 0.3) is 0 Å². The summed E-state index contributed by atoms with van der Waals surface area (Å²) in [6, 6.07) is 20.0. The smallest absolute Gasteiger partial charge is 0.257 e. The zero-order valence-corrected chi connectivity index (χ0v) is 18.7. The van der Waals surface area contributed by atoms with Crippen LogP contribution in [0, 0.1) is 0 Å². The molecule has 0 radical (unpaired) electrons. The molecule has 2 aliphatic heterocycles. The van der Waals surface area contributed by atoms with E-state index in [2.05, 4.69) is 43.2 Å². The van der Waals surface area contributed by atoms with Crippen molar-refractivity contribution in [2.45, 2.75) is 0 Å². The van der Waals surface area contributed by atoms with Gasteiger partial charge in [0.05, 0.1) is 30.7 Å². The number of pyridine rings is 1. The van der Waals surface area contributed by atoms with Gasteiger partial charge in [-0.1, -0.05) is 12.1 Å². The number of ether oxygens (including phenoxy) is 1. The molecule has 2 aliphatic rings. The van der Waals surface area contributed by atoms with Crippen LogP contribution in [0.15, 0.2) is 73.1 Å². The van der Waals surface area contributed by atoms with Crippen LogP contribution in [0.4, 0.5) is 22.7 Å². The molecule has 3 aromatic rings. The van der Waals surface area contributed by atoms with Crippen molar-refractivity contribution in [3.63, 3.8) is 0 Å². The molecule has 0 atom stereocenters. The maximum Gasteiger partial charge on any atom is 0.257 e. The second-order valence-electron chi connectivity index (χ2n) is 8.30. The summed E-state index contributed by atoms with van der Waals surface area (Å²) in [4.78, 5) is 24.2. The Kier molecular flexibility index (Phi) is 6.39. The van der Waals surface area contributed by atoms with Crippen molar-refractivity contribution >= 4 is 28.7 Å². The molecule has 7 nitrogen and oxygen atoms in total. The van der Waals surface area contributed by atoms with Gasteiger partial charge in [0.2, 0.25) is 0 Å². The fourth-order valence-corrected chi connectivity index (χ4v) is 4.46. The van der Waals surface area contributed by atoms with Crippen molar-refractivity contribution in [2.75, 3.05) is 72.5 Å². The van der Waals surface area contributed by atoms with Gasteiger partial charge in [-0.05, 0) is 48.5 Å². The predicted octanol–water partition coefficient (Wildman–Crippen LogP) is 3.50. The Balaban J connectivity index is 1.21. The molecule has 3 heterocycles. The number of rotatable bonds is 5. The van der Waals surface area contributed by atoms with Crippen LogP contribution >= 0.6 is 0 Å². The number of hydrogen-bond donors (Lipinski definition) is 1. The summed E-state index contributed by atoms with van der Waals surface area (Å²) in [5.74, 6) is -0.0880. The molecule has 2 saturated heterocycles. The first-order chi connectivity index (χ1) is 16.3. The van der Waals surface area contributed by atoms with E-state index in [0.29, 0.717) is 18.8 Å². The highest BCUT2D eigenvalue weighted by molar-refractivity contribution is 6.08. The van der Waals surface area contributed by atoms with Crippen molar-refractivity contribution in [3.05, 3.63) is 78.6 Å². The molecular formula is C26H29N5O2. The molecular weight excluding hydrogens is 414 g/mol. The first kappa shape index (κ1) is 21.3. The molecule has 2 aromatic carbocycles. The van der Waals surface area contributed by atoms with Gasteiger partial charge in [0.15, 0.2) is 0 Å². The molecule has 0 unspecified atom stereocenters. The van der Waals surface area contributed by atoms with E-state index >= 15 is 0 Å².